The number of carbonyl (C=O) groups is 1. The van der Waals surface area contributed by atoms with Gasteiger partial charge in [0.25, 0.3) is 0 Å². The van der Waals surface area contributed by atoms with E-state index in [0.717, 1.165) is 16.5 Å². The molecule has 0 fully saturated rings. The molecule has 2 aromatic carbocycles. The van der Waals surface area contributed by atoms with Gasteiger partial charge in [-0.2, -0.15) is 5.10 Å². The Kier molecular flexibility index (Phi) is 8.61. The van der Waals surface area contributed by atoms with E-state index < -0.39 is 0 Å². The average Bonchev–Trinajstić information content (AvgIpc) is 2.63. The molecule has 0 saturated carbocycles. The number of rotatable bonds is 9. The molecule has 0 heterocycles. The van der Waals surface area contributed by atoms with Crippen molar-refractivity contribution in [2.45, 2.75) is 26.7 Å². The summed E-state index contributed by atoms with van der Waals surface area (Å²) in [6.45, 7) is 4.95. The van der Waals surface area contributed by atoms with Gasteiger partial charge >= 0.3 is 0 Å². The molecule has 0 spiro atoms. The summed E-state index contributed by atoms with van der Waals surface area (Å²) in [6, 6.07) is 11.1. The molecule has 0 aliphatic rings. The number of carbonyl (C=O) groups excluding carboxylic acids is 1. The second-order valence-corrected chi connectivity index (χ2v) is 7.03. The van der Waals surface area contributed by atoms with Crippen molar-refractivity contribution in [2.24, 2.45) is 5.10 Å². The number of ether oxygens (including phenoxy) is 2. The smallest absolute Gasteiger partial charge is 0.244 e. The molecule has 0 saturated heterocycles. The number of hydrogen-bond donors (Lipinski definition) is 1. The van der Waals surface area contributed by atoms with Crippen LogP contribution in [0.5, 0.6) is 11.5 Å². The lowest BCUT2D eigenvalue weighted by Crippen LogP contribution is -2.19. The summed E-state index contributed by atoms with van der Waals surface area (Å²) >= 11 is 9.68. The van der Waals surface area contributed by atoms with E-state index >= 15 is 0 Å². The predicted molar refractivity (Wildman–Crippen MR) is 112 cm³/mol. The van der Waals surface area contributed by atoms with Crippen LogP contribution >= 0.6 is 27.5 Å². The molecular weight excluding hydrogens is 432 g/mol. The summed E-state index contributed by atoms with van der Waals surface area (Å²) in [6.07, 6.45) is 2.65. The third-order valence-electron chi connectivity index (χ3n) is 3.46. The van der Waals surface area contributed by atoms with Gasteiger partial charge in [-0.3, -0.25) is 4.79 Å². The summed E-state index contributed by atoms with van der Waals surface area (Å²) in [7, 11) is 0. The van der Waals surface area contributed by atoms with E-state index in [1.807, 2.05) is 38.1 Å². The van der Waals surface area contributed by atoms with E-state index in [0.29, 0.717) is 35.3 Å². The minimum absolute atomic E-state index is 0.201. The van der Waals surface area contributed by atoms with Gasteiger partial charge in [0.05, 0.1) is 30.9 Å². The molecule has 5 nitrogen and oxygen atoms in total. The number of hydrogen-bond acceptors (Lipinski definition) is 4. The zero-order chi connectivity index (χ0) is 19.6. The maximum absolute atomic E-state index is 12.0. The first kappa shape index (κ1) is 21.3. The van der Waals surface area contributed by atoms with Crippen LogP contribution < -0.4 is 14.9 Å². The topological polar surface area (TPSA) is 59.9 Å². The largest absolute Gasteiger partial charge is 0.490 e. The van der Waals surface area contributed by atoms with Crippen molar-refractivity contribution in [3.8, 4) is 11.5 Å². The highest BCUT2D eigenvalue weighted by Gasteiger charge is 2.12. The van der Waals surface area contributed by atoms with E-state index in [9.17, 15) is 4.79 Å². The molecule has 0 aliphatic heterocycles. The number of nitrogens with zero attached hydrogens (tertiary/aromatic N) is 1. The highest BCUT2D eigenvalue weighted by atomic mass is 79.9. The maximum Gasteiger partial charge on any atom is 0.244 e. The van der Waals surface area contributed by atoms with E-state index in [2.05, 4.69) is 26.5 Å². The fourth-order valence-corrected chi connectivity index (χ4v) is 2.81. The van der Waals surface area contributed by atoms with Crippen molar-refractivity contribution in [2.75, 3.05) is 13.2 Å². The standard InChI is InChI=1S/C20H22BrClN2O3/c1-3-9-27-20-17(22)10-15(11-18(20)26-4-2)13-23-24-19(25)12-14-5-7-16(21)8-6-14/h5-8,10-11,13H,3-4,9,12H2,1-2H3,(H,24,25)/b23-13-. The second kappa shape index (κ2) is 10.9. The monoisotopic (exact) mass is 452 g/mol. The van der Waals surface area contributed by atoms with Gasteiger partial charge in [-0.25, -0.2) is 5.43 Å². The average molecular weight is 454 g/mol. The Hall–Kier alpha value is -2.05. The van der Waals surface area contributed by atoms with Crippen LogP contribution in [0.4, 0.5) is 0 Å². The van der Waals surface area contributed by atoms with Gasteiger partial charge in [0.2, 0.25) is 5.91 Å². The van der Waals surface area contributed by atoms with Gasteiger partial charge in [0, 0.05) is 4.47 Å². The fourth-order valence-electron chi connectivity index (χ4n) is 2.28. The molecule has 0 bridgehead atoms. The molecule has 0 radical (unpaired) electrons. The Labute approximate surface area is 172 Å². The Morgan fingerprint density at radius 2 is 1.96 bits per heavy atom. The molecule has 27 heavy (non-hydrogen) atoms. The van der Waals surface area contributed by atoms with E-state index in [-0.39, 0.29) is 12.3 Å². The molecule has 0 unspecified atom stereocenters. The van der Waals surface area contributed by atoms with Crippen LogP contribution in [0.25, 0.3) is 0 Å². The first-order valence-corrected chi connectivity index (χ1v) is 9.86. The number of benzene rings is 2. The SMILES string of the molecule is CCCOc1c(Cl)cc(/C=N\NC(=O)Cc2ccc(Br)cc2)cc1OCC. The van der Waals surface area contributed by atoms with Crippen LogP contribution in [0.2, 0.25) is 5.02 Å². The molecule has 0 atom stereocenters. The number of hydrazone groups is 1. The lowest BCUT2D eigenvalue weighted by molar-refractivity contribution is -0.120. The molecule has 7 heteroatoms. The van der Waals surface area contributed by atoms with Gasteiger partial charge < -0.3 is 9.47 Å². The molecule has 0 aliphatic carbocycles. The van der Waals surface area contributed by atoms with E-state index in [1.165, 1.54) is 6.21 Å². The first-order valence-electron chi connectivity index (χ1n) is 8.69. The fraction of sp³-hybridized carbons (Fsp3) is 0.300. The second-order valence-electron chi connectivity index (χ2n) is 5.71. The van der Waals surface area contributed by atoms with E-state index in [4.69, 9.17) is 21.1 Å². The molecule has 0 aromatic heterocycles. The highest BCUT2D eigenvalue weighted by molar-refractivity contribution is 9.10. The predicted octanol–water partition coefficient (Wildman–Crippen LogP) is 4.98. The lowest BCUT2D eigenvalue weighted by Gasteiger charge is -2.13. The van der Waals surface area contributed by atoms with Crippen LogP contribution in [0.3, 0.4) is 0 Å². The molecule has 1 N–H and O–H groups in total. The Morgan fingerprint density at radius 1 is 1.22 bits per heavy atom. The van der Waals surface area contributed by atoms with Crippen LogP contribution in [0.1, 0.15) is 31.4 Å². The molecule has 1 amide bonds. The first-order chi connectivity index (χ1) is 13.0. The summed E-state index contributed by atoms with van der Waals surface area (Å²) in [5, 5.41) is 4.44. The van der Waals surface area contributed by atoms with Crippen molar-refractivity contribution in [1.82, 2.24) is 5.43 Å². The van der Waals surface area contributed by atoms with Crippen molar-refractivity contribution in [3.63, 3.8) is 0 Å². The zero-order valence-corrected chi connectivity index (χ0v) is 17.6. The maximum atomic E-state index is 12.0. The van der Waals surface area contributed by atoms with Gasteiger partial charge in [0.15, 0.2) is 11.5 Å². The van der Waals surface area contributed by atoms with Crippen molar-refractivity contribution >= 4 is 39.7 Å². The van der Waals surface area contributed by atoms with Crippen molar-refractivity contribution in [1.29, 1.82) is 0 Å². The lowest BCUT2D eigenvalue weighted by atomic mass is 10.1. The summed E-state index contributed by atoms with van der Waals surface area (Å²) in [5.74, 6) is 0.880. The number of nitrogens with one attached hydrogen (secondary N) is 1. The van der Waals surface area contributed by atoms with Gasteiger partial charge in [0.1, 0.15) is 0 Å². The van der Waals surface area contributed by atoms with Gasteiger partial charge in [-0.05, 0) is 48.7 Å². The van der Waals surface area contributed by atoms with Crippen LogP contribution in [-0.2, 0) is 11.2 Å². The number of halogens is 2. The Balaban J connectivity index is 2.02. The summed E-state index contributed by atoms with van der Waals surface area (Å²) < 4.78 is 12.2. The highest BCUT2D eigenvalue weighted by Crippen LogP contribution is 2.36. The minimum Gasteiger partial charge on any atom is -0.490 e. The third kappa shape index (κ3) is 6.88. The number of amides is 1. The van der Waals surface area contributed by atoms with Crippen molar-refractivity contribution in [3.05, 3.63) is 57.0 Å². The summed E-state index contributed by atoms with van der Waals surface area (Å²) in [5.41, 5.74) is 4.13. The summed E-state index contributed by atoms with van der Waals surface area (Å²) in [4.78, 5) is 12.0. The molecule has 2 rings (SSSR count). The normalized spacial score (nSPS) is 10.8. The molecular formula is C20H22BrClN2O3. The van der Waals surface area contributed by atoms with Crippen LogP contribution in [-0.4, -0.2) is 25.3 Å². The van der Waals surface area contributed by atoms with Gasteiger partial charge in [-0.15, -0.1) is 0 Å². The Bertz CT molecular complexity index is 795. The third-order valence-corrected chi connectivity index (χ3v) is 4.27. The zero-order valence-electron chi connectivity index (χ0n) is 15.3. The molecule has 2 aromatic rings. The van der Waals surface area contributed by atoms with E-state index in [1.54, 1.807) is 12.1 Å². The minimum atomic E-state index is -0.201. The Morgan fingerprint density at radius 3 is 2.63 bits per heavy atom. The van der Waals surface area contributed by atoms with Gasteiger partial charge in [-0.1, -0.05) is 46.6 Å². The van der Waals surface area contributed by atoms with Crippen LogP contribution in [0.15, 0.2) is 46.0 Å². The quantitative estimate of drug-likeness (QED) is 0.430. The van der Waals surface area contributed by atoms with Crippen LogP contribution in [0, 0.1) is 0 Å². The molecule has 144 valence electrons. The van der Waals surface area contributed by atoms with Crippen molar-refractivity contribution < 1.29 is 14.3 Å².